The lowest BCUT2D eigenvalue weighted by atomic mass is 9.87. The van der Waals surface area contributed by atoms with E-state index in [1.165, 1.54) is 0 Å². The fourth-order valence-electron chi connectivity index (χ4n) is 1.34. The first-order chi connectivity index (χ1) is 4.63. The van der Waals surface area contributed by atoms with Gasteiger partial charge in [-0.05, 0) is 38.8 Å². The number of hydrogen-bond acceptors (Lipinski definition) is 2. The number of hydrogen-bond donors (Lipinski definition) is 2. The Kier molecular flexibility index (Phi) is 4.37. The number of aliphatic hydroxyl groups is 1. The monoisotopic (exact) mass is 179 g/mol. The summed E-state index contributed by atoms with van der Waals surface area (Å²) in [5, 5.41) is 13.1. The minimum absolute atomic E-state index is 0. The molecule has 0 aliphatic carbocycles. The van der Waals surface area contributed by atoms with E-state index in [-0.39, 0.29) is 12.4 Å². The lowest BCUT2D eigenvalue weighted by Gasteiger charge is -2.27. The summed E-state index contributed by atoms with van der Waals surface area (Å²) in [5.41, 5.74) is -0.441. The van der Waals surface area contributed by atoms with E-state index < -0.39 is 5.60 Å². The van der Waals surface area contributed by atoms with Crippen molar-refractivity contribution in [1.29, 1.82) is 0 Å². The lowest BCUT2D eigenvalue weighted by Crippen LogP contribution is -2.32. The molecular weight excluding hydrogens is 162 g/mol. The Morgan fingerprint density at radius 2 is 2.09 bits per heavy atom. The van der Waals surface area contributed by atoms with Crippen LogP contribution in [0.5, 0.6) is 0 Å². The normalized spacial score (nSPS) is 39.0. The minimum Gasteiger partial charge on any atom is -0.390 e. The van der Waals surface area contributed by atoms with Gasteiger partial charge in [-0.3, -0.25) is 0 Å². The number of nitrogens with one attached hydrogen (secondary N) is 1. The second-order valence-corrected chi connectivity index (χ2v) is 3.55. The van der Waals surface area contributed by atoms with Gasteiger partial charge in [-0.25, -0.2) is 0 Å². The van der Waals surface area contributed by atoms with Crippen LogP contribution in [-0.4, -0.2) is 23.8 Å². The summed E-state index contributed by atoms with van der Waals surface area (Å²) in [6, 6.07) is 0. The second kappa shape index (κ2) is 4.29. The quantitative estimate of drug-likeness (QED) is 0.586. The van der Waals surface area contributed by atoms with Gasteiger partial charge in [-0.15, -0.1) is 12.4 Å². The molecule has 2 atom stereocenters. The molecule has 0 radical (unpaired) electrons. The summed E-state index contributed by atoms with van der Waals surface area (Å²) >= 11 is 0. The molecule has 2 unspecified atom stereocenters. The first-order valence-corrected chi connectivity index (χ1v) is 4.06. The third kappa shape index (κ3) is 2.97. The van der Waals surface area contributed by atoms with Gasteiger partial charge in [0.25, 0.3) is 0 Å². The van der Waals surface area contributed by atoms with Crippen molar-refractivity contribution in [3.63, 3.8) is 0 Å². The van der Waals surface area contributed by atoms with Crippen molar-refractivity contribution in [1.82, 2.24) is 5.32 Å². The van der Waals surface area contributed by atoms with Crippen molar-refractivity contribution in [2.45, 2.75) is 32.3 Å². The van der Waals surface area contributed by atoms with Gasteiger partial charge in [0, 0.05) is 0 Å². The van der Waals surface area contributed by atoms with Crippen molar-refractivity contribution < 1.29 is 5.11 Å². The highest BCUT2D eigenvalue weighted by molar-refractivity contribution is 5.85. The van der Waals surface area contributed by atoms with E-state index in [4.69, 9.17) is 0 Å². The molecule has 0 aromatic heterocycles. The van der Waals surface area contributed by atoms with Crippen LogP contribution in [0.1, 0.15) is 26.7 Å². The van der Waals surface area contributed by atoms with E-state index in [0.717, 1.165) is 25.9 Å². The van der Waals surface area contributed by atoms with Gasteiger partial charge in [0.15, 0.2) is 0 Å². The predicted octanol–water partition coefficient (Wildman–Crippen LogP) is 1.18. The van der Waals surface area contributed by atoms with Gasteiger partial charge in [-0.1, -0.05) is 6.92 Å². The third-order valence-electron chi connectivity index (χ3n) is 2.62. The van der Waals surface area contributed by atoms with Gasteiger partial charge in [0.1, 0.15) is 0 Å². The number of rotatable bonds is 0. The molecule has 1 fully saturated rings. The molecule has 3 heteroatoms. The van der Waals surface area contributed by atoms with Crippen LogP contribution in [0.4, 0.5) is 0 Å². The van der Waals surface area contributed by atoms with Crippen molar-refractivity contribution in [3.05, 3.63) is 0 Å². The summed E-state index contributed by atoms with van der Waals surface area (Å²) in [7, 11) is 0. The van der Waals surface area contributed by atoms with Crippen molar-refractivity contribution in [2.75, 3.05) is 13.1 Å². The molecule has 11 heavy (non-hydrogen) atoms. The largest absolute Gasteiger partial charge is 0.390 e. The average molecular weight is 180 g/mol. The fraction of sp³-hybridized carbons (Fsp3) is 1.00. The maximum Gasteiger partial charge on any atom is 0.0657 e. The van der Waals surface area contributed by atoms with E-state index in [0.29, 0.717) is 5.92 Å². The zero-order chi connectivity index (χ0) is 7.61. The summed E-state index contributed by atoms with van der Waals surface area (Å²) < 4.78 is 0. The highest BCUT2D eigenvalue weighted by Gasteiger charge is 2.28. The maximum absolute atomic E-state index is 9.78. The molecule has 1 heterocycles. The first kappa shape index (κ1) is 11.2. The van der Waals surface area contributed by atoms with Crippen molar-refractivity contribution in [2.24, 2.45) is 5.92 Å². The van der Waals surface area contributed by atoms with E-state index in [1.54, 1.807) is 0 Å². The van der Waals surface area contributed by atoms with Crippen LogP contribution in [-0.2, 0) is 0 Å². The molecule has 1 aliphatic rings. The van der Waals surface area contributed by atoms with Gasteiger partial charge in [-0.2, -0.15) is 0 Å². The van der Waals surface area contributed by atoms with E-state index in [2.05, 4.69) is 12.2 Å². The van der Waals surface area contributed by atoms with E-state index in [1.807, 2.05) is 6.92 Å². The van der Waals surface area contributed by atoms with Gasteiger partial charge in [0.2, 0.25) is 0 Å². The molecule has 2 N–H and O–H groups in total. The molecule has 1 aliphatic heterocycles. The number of halogens is 1. The zero-order valence-electron chi connectivity index (χ0n) is 7.26. The van der Waals surface area contributed by atoms with E-state index >= 15 is 0 Å². The fourth-order valence-corrected chi connectivity index (χ4v) is 1.34. The Hall–Kier alpha value is 0.210. The molecule has 2 nitrogen and oxygen atoms in total. The Morgan fingerprint density at radius 3 is 2.73 bits per heavy atom. The summed E-state index contributed by atoms with van der Waals surface area (Å²) in [4.78, 5) is 0. The Morgan fingerprint density at radius 1 is 1.45 bits per heavy atom. The van der Waals surface area contributed by atoms with Crippen LogP contribution in [0.3, 0.4) is 0 Å². The maximum atomic E-state index is 9.78. The first-order valence-electron chi connectivity index (χ1n) is 4.06. The van der Waals surface area contributed by atoms with Gasteiger partial charge < -0.3 is 10.4 Å². The average Bonchev–Trinajstić information content (AvgIpc) is 1.96. The Balaban J connectivity index is 0.000001000. The smallest absolute Gasteiger partial charge is 0.0657 e. The van der Waals surface area contributed by atoms with Gasteiger partial charge >= 0.3 is 0 Å². The molecular formula is C8H18ClNO. The van der Waals surface area contributed by atoms with Crippen LogP contribution in [0.25, 0.3) is 0 Å². The predicted molar refractivity (Wildman–Crippen MR) is 49.1 cm³/mol. The van der Waals surface area contributed by atoms with Crippen LogP contribution >= 0.6 is 12.4 Å². The topological polar surface area (TPSA) is 32.3 Å². The third-order valence-corrected chi connectivity index (χ3v) is 2.62. The van der Waals surface area contributed by atoms with Crippen LogP contribution in [0.2, 0.25) is 0 Å². The standard InChI is InChI=1S/C8H17NO.ClH/c1-7-3-5-9-6-4-8(7,2)10;/h7,9-10H,3-6H2,1-2H3;1H. The van der Waals surface area contributed by atoms with E-state index in [9.17, 15) is 5.11 Å². The molecule has 1 rings (SSSR count). The molecule has 1 saturated heterocycles. The minimum atomic E-state index is -0.441. The molecule has 0 bridgehead atoms. The van der Waals surface area contributed by atoms with Crippen LogP contribution in [0, 0.1) is 5.92 Å². The summed E-state index contributed by atoms with van der Waals surface area (Å²) in [6.07, 6.45) is 1.97. The Bertz CT molecular complexity index is 117. The Labute approximate surface area is 74.8 Å². The van der Waals surface area contributed by atoms with Crippen molar-refractivity contribution >= 4 is 12.4 Å². The molecule has 0 spiro atoms. The molecule has 0 aromatic rings. The SMILES string of the molecule is CC1CCNCCC1(C)O.Cl. The summed E-state index contributed by atoms with van der Waals surface area (Å²) in [5.74, 6) is 0.433. The van der Waals surface area contributed by atoms with Crippen molar-refractivity contribution in [3.8, 4) is 0 Å². The zero-order valence-corrected chi connectivity index (χ0v) is 8.08. The second-order valence-electron chi connectivity index (χ2n) is 3.55. The highest BCUT2D eigenvalue weighted by Crippen LogP contribution is 2.24. The van der Waals surface area contributed by atoms with Crippen LogP contribution < -0.4 is 5.32 Å². The van der Waals surface area contributed by atoms with Gasteiger partial charge in [0.05, 0.1) is 5.60 Å². The molecule has 0 amide bonds. The summed E-state index contributed by atoms with van der Waals surface area (Å²) in [6.45, 7) is 6.06. The molecule has 0 aromatic carbocycles. The lowest BCUT2D eigenvalue weighted by molar-refractivity contribution is 0.00377. The highest BCUT2D eigenvalue weighted by atomic mass is 35.5. The molecule has 68 valence electrons. The molecule has 0 saturated carbocycles. The van der Waals surface area contributed by atoms with Crippen LogP contribution in [0.15, 0.2) is 0 Å².